The average molecular weight is 1790 g/mol. The Bertz CT molecular complexity index is 3610. The quantitative estimate of drug-likeness (QED) is 0.0279. The van der Waals surface area contributed by atoms with Crippen LogP contribution in [0.4, 0.5) is 0 Å². The highest BCUT2D eigenvalue weighted by atomic mass is 16.8. The van der Waals surface area contributed by atoms with Crippen LogP contribution < -0.4 is 0 Å². The number of hydrogen-bond donors (Lipinski definition) is 1. The van der Waals surface area contributed by atoms with Crippen LogP contribution in [-0.2, 0) is 199 Å². The third kappa shape index (κ3) is 26.0. The molecule has 47 nitrogen and oxygen atoms in total. The number of hydrogen-bond acceptors (Lipinski definition) is 45. The maximum absolute atomic E-state index is 14.1. The average Bonchev–Trinajstić information content (AvgIpc) is 0.772. The number of carbonyl (C=O) groups is 9. The Labute approximate surface area is 714 Å². The summed E-state index contributed by atoms with van der Waals surface area (Å²) in [6.07, 6.45) is -50.2. The van der Waals surface area contributed by atoms with E-state index in [0.29, 0.717) is 0 Å². The second kappa shape index (κ2) is 49.3. The maximum Gasteiger partial charge on any atom is 0.338 e. The second-order valence-corrected chi connectivity index (χ2v) is 29.0. The summed E-state index contributed by atoms with van der Waals surface area (Å²) in [6.45, 7) is 4.91. The zero-order chi connectivity index (χ0) is 90.9. The standard InChI is InChI=1S/C77H115N3O44/c1-33(81)103-29-45-50(57(94-12)49(79-80-78)71(90)112-45)119-72-64(99-17)58(95-13)51(42(113-72)26-91-9)120-73-65(100-18)59(96-14)52(43(114-73)27-92-10)121-74-66(101-19)60(97-15)53(44(115-74)28-93-11)122-75-67(102-20)61(98-16)54(48(116-75)32-106-70(89)41-24-22-21-23-25-41)123-76-69(111-40(8)88)63(109-38(6)86)56(47(118-76)31-105-35(3)83)124-77-68(110-39(7)87)62(108-37(5)85)55(107-36(4)84)46(117-77)30-104-34(2)82/h21-25,42-69,71-77,90H,26-32H2,1-20H3/t42?,43?,44?,45?,46?,47?,48?,49-,50+,51+,52+,53+,54+,55-,56+,57?,58?,59?,60?,61?,62?,63?,64?,65?,66-,67-,68?,69?,71?,72-,73+,74-,75-,76-,77+/m0/s1. The SMILES string of the molecule is COCC1O[C@@H](O[C@@H]2C(COC(C)=O)OC(O)[C@@H](N=[N+]=[N-])C2OC)C(OC)C(OC)[C@@H]1O[C@H]1OC(COC)[C@@H](O[C@@H]2OC(COC)[C@@H](O[C@@H]3OC(COC(=O)c4ccccc4)[C@@H](O[C@@H]4OC(COC(C)=O)[C@@H](O[C@H]5OC(COC(C)=O)[C@H](OC(C)=O)C(OC(C)=O)C5OC(C)=O)C(OC(C)=O)C4OC(C)=O)C(OC)[C@@H]3OC)C(OC)[C@@H]2OC)C(OC)C1OC. The van der Waals surface area contributed by atoms with E-state index in [4.69, 9.17) is 161 Å². The van der Waals surface area contributed by atoms with Gasteiger partial charge in [-0.05, 0) is 17.7 Å². The van der Waals surface area contributed by atoms with Crippen molar-refractivity contribution in [1.29, 1.82) is 0 Å². The number of aliphatic hydroxyl groups is 1. The van der Waals surface area contributed by atoms with Gasteiger partial charge in [-0.3, -0.25) is 38.4 Å². The Morgan fingerprint density at radius 1 is 0.298 bits per heavy atom. The topological polar surface area (TPSA) is 536 Å². The second-order valence-electron chi connectivity index (χ2n) is 29.0. The number of benzene rings is 1. The molecule has 7 saturated heterocycles. The van der Waals surface area contributed by atoms with Gasteiger partial charge in [0.15, 0.2) is 74.6 Å². The number of methoxy groups -OCH3 is 12. The maximum atomic E-state index is 14.1. The van der Waals surface area contributed by atoms with Crippen LogP contribution in [0.2, 0.25) is 0 Å². The monoisotopic (exact) mass is 1790 g/mol. The molecule has 19 unspecified atom stereocenters. The van der Waals surface area contributed by atoms with Crippen molar-refractivity contribution in [3.8, 4) is 0 Å². The molecule has 47 heteroatoms. The molecule has 7 heterocycles. The molecule has 0 saturated carbocycles. The number of carbonyl (C=O) groups excluding carboxylic acids is 9. The molecule has 1 aromatic rings. The van der Waals surface area contributed by atoms with Crippen LogP contribution in [0.25, 0.3) is 10.4 Å². The third-order valence-electron chi connectivity index (χ3n) is 20.8. The lowest BCUT2D eigenvalue weighted by Crippen LogP contribution is -2.69. The van der Waals surface area contributed by atoms with E-state index in [1.807, 2.05) is 0 Å². The first kappa shape index (κ1) is 102. The molecular formula is C77H115N3O44. The van der Waals surface area contributed by atoms with Crippen molar-refractivity contribution in [3.05, 3.63) is 46.3 Å². The Balaban J connectivity index is 1.11. The Morgan fingerprint density at radius 3 is 0.823 bits per heavy atom. The molecule has 1 aromatic carbocycles. The predicted octanol–water partition coefficient (Wildman–Crippen LogP) is -0.678. The van der Waals surface area contributed by atoms with Gasteiger partial charge in [-0.25, -0.2) is 4.79 Å². The Hall–Kier alpha value is -7.28. The normalized spacial score (nSPS) is 37.4. The number of ether oxygens (including phenoxy) is 34. The highest BCUT2D eigenvalue weighted by molar-refractivity contribution is 5.89. The molecule has 7 aliphatic heterocycles. The van der Waals surface area contributed by atoms with E-state index in [9.17, 15) is 53.8 Å². The van der Waals surface area contributed by atoms with Crippen molar-refractivity contribution < 1.29 is 209 Å². The molecule has 7 aliphatic rings. The van der Waals surface area contributed by atoms with Crippen molar-refractivity contribution in [2.24, 2.45) is 5.11 Å². The fourth-order valence-electron chi connectivity index (χ4n) is 15.7. The minimum absolute atomic E-state index is 0.0972. The van der Waals surface area contributed by atoms with Crippen molar-refractivity contribution in [2.45, 2.75) is 270 Å². The zero-order valence-corrected chi connectivity index (χ0v) is 72.4. The summed E-state index contributed by atoms with van der Waals surface area (Å²) in [7, 11) is 16.3. The summed E-state index contributed by atoms with van der Waals surface area (Å²) in [5.41, 5.74) is 9.58. The first-order valence-corrected chi connectivity index (χ1v) is 39.3. The van der Waals surface area contributed by atoms with Gasteiger partial charge < -0.3 is 166 Å². The van der Waals surface area contributed by atoms with Gasteiger partial charge >= 0.3 is 53.7 Å². The lowest BCUT2D eigenvalue weighted by atomic mass is 9.94. The minimum atomic E-state index is -2.03. The summed E-state index contributed by atoms with van der Waals surface area (Å²) in [6, 6.07) is 6.47. The van der Waals surface area contributed by atoms with Gasteiger partial charge in [0, 0.05) is 146 Å². The lowest BCUT2D eigenvalue weighted by molar-refractivity contribution is -0.402. The molecule has 8 rings (SSSR count). The highest BCUT2D eigenvalue weighted by Crippen LogP contribution is 2.43. The number of esters is 9. The van der Waals surface area contributed by atoms with E-state index in [0.717, 1.165) is 48.5 Å². The molecular weight excluding hydrogens is 1670 g/mol. The van der Waals surface area contributed by atoms with Crippen LogP contribution in [0.15, 0.2) is 35.4 Å². The fourth-order valence-corrected chi connectivity index (χ4v) is 15.7. The fraction of sp³-hybridized carbons (Fsp3) is 0.805. The molecule has 0 aromatic heterocycles. The smallest absolute Gasteiger partial charge is 0.338 e. The summed E-state index contributed by atoms with van der Waals surface area (Å²) < 4.78 is 210. The van der Waals surface area contributed by atoms with Gasteiger partial charge in [0.05, 0.1) is 31.5 Å². The van der Waals surface area contributed by atoms with Gasteiger partial charge in [0.25, 0.3) is 0 Å². The molecule has 0 bridgehead atoms. The number of aliphatic hydroxyl groups excluding tert-OH is 1. The molecule has 702 valence electrons. The number of nitrogens with zero attached hydrogens (tertiary/aromatic N) is 3. The van der Waals surface area contributed by atoms with Gasteiger partial charge in [0.1, 0.15) is 161 Å². The van der Waals surface area contributed by atoms with Gasteiger partial charge in [-0.2, -0.15) is 0 Å². The van der Waals surface area contributed by atoms with E-state index >= 15 is 0 Å². The van der Waals surface area contributed by atoms with Crippen LogP contribution in [0, 0.1) is 0 Å². The van der Waals surface area contributed by atoms with Crippen molar-refractivity contribution in [2.75, 3.05) is 132 Å². The van der Waals surface area contributed by atoms with Crippen LogP contribution in [-0.4, -0.2) is 405 Å². The van der Waals surface area contributed by atoms with Gasteiger partial charge in [-0.15, -0.1) is 0 Å². The minimum Gasteiger partial charge on any atom is -0.463 e. The molecule has 35 atom stereocenters. The summed E-state index contributed by atoms with van der Waals surface area (Å²) in [5.74, 6) is -8.37. The zero-order valence-electron chi connectivity index (χ0n) is 72.4. The largest absolute Gasteiger partial charge is 0.463 e. The predicted molar refractivity (Wildman–Crippen MR) is 402 cm³/mol. The molecule has 0 amide bonds. The van der Waals surface area contributed by atoms with Crippen molar-refractivity contribution in [1.82, 2.24) is 0 Å². The van der Waals surface area contributed by atoms with E-state index in [2.05, 4.69) is 10.0 Å². The van der Waals surface area contributed by atoms with Crippen LogP contribution >= 0.6 is 0 Å². The van der Waals surface area contributed by atoms with E-state index in [1.165, 1.54) is 104 Å². The van der Waals surface area contributed by atoms with E-state index in [1.54, 1.807) is 18.2 Å². The first-order valence-electron chi connectivity index (χ1n) is 39.3. The summed E-state index contributed by atoms with van der Waals surface area (Å²) in [4.78, 5) is 120. The number of rotatable bonds is 42. The van der Waals surface area contributed by atoms with Gasteiger partial charge in [0.2, 0.25) is 0 Å². The molecule has 0 radical (unpaired) electrons. The molecule has 124 heavy (non-hydrogen) atoms. The molecule has 0 spiro atoms. The van der Waals surface area contributed by atoms with Crippen LogP contribution in [0.3, 0.4) is 0 Å². The van der Waals surface area contributed by atoms with E-state index < -0.39 is 295 Å². The Kier molecular flexibility index (Phi) is 40.6. The third-order valence-corrected chi connectivity index (χ3v) is 20.8. The van der Waals surface area contributed by atoms with Crippen molar-refractivity contribution in [3.63, 3.8) is 0 Å². The molecule has 0 aliphatic carbocycles. The Morgan fingerprint density at radius 2 is 0.540 bits per heavy atom. The van der Waals surface area contributed by atoms with Crippen LogP contribution in [0.5, 0.6) is 0 Å². The lowest BCUT2D eigenvalue weighted by Gasteiger charge is -2.52. The van der Waals surface area contributed by atoms with Crippen LogP contribution in [0.1, 0.15) is 65.7 Å². The molecule has 1 N–H and O–H groups in total. The molecule has 7 fully saturated rings. The van der Waals surface area contributed by atoms with E-state index in [-0.39, 0.29) is 25.4 Å². The highest BCUT2D eigenvalue weighted by Gasteiger charge is 2.63. The summed E-state index contributed by atoms with van der Waals surface area (Å²) >= 11 is 0. The first-order chi connectivity index (χ1) is 59.3. The number of azide groups is 1. The van der Waals surface area contributed by atoms with Crippen molar-refractivity contribution >= 4 is 53.7 Å². The van der Waals surface area contributed by atoms with Gasteiger partial charge in [-0.1, -0.05) is 23.3 Å². The summed E-state index contributed by atoms with van der Waals surface area (Å²) in [5, 5.41) is 14.7.